The summed E-state index contributed by atoms with van der Waals surface area (Å²) >= 11 is 0. The Labute approximate surface area is 361 Å². The van der Waals surface area contributed by atoms with Crippen LogP contribution in [0.3, 0.4) is 0 Å². The maximum atomic E-state index is 12.8. The monoisotopic (exact) mass is 862 g/mol. The second-order valence-electron chi connectivity index (χ2n) is 18.8. The van der Waals surface area contributed by atoms with Crippen LogP contribution in [0.5, 0.6) is 0 Å². The summed E-state index contributed by atoms with van der Waals surface area (Å²) in [6.07, 6.45) is 29.9. The van der Waals surface area contributed by atoms with Gasteiger partial charge >= 0.3 is 11.9 Å². The number of phosphoric ester groups is 1. The summed E-state index contributed by atoms with van der Waals surface area (Å²) in [7, 11) is 1.13. The van der Waals surface area contributed by atoms with Crippen molar-refractivity contribution in [2.45, 2.75) is 231 Å². The molecule has 1 aliphatic rings. The van der Waals surface area contributed by atoms with Gasteiger partial charge in [-0.3, -0.25) is 14.2 Å². The molecule has 1 rings (SSSR count). The first-order valence-electron chi connectivity index (χ1n) is 23.9. The zero-order chi connectivity index (χ0) is 43.9. The molecule has 0 aromatic heterocycles. The minimum absolute atomic E-state index is 0.0407. The smallest absolute Gasteiger partial charge is 0.306 e. The lowest BCUT2D eigenvalue weighted by Crippen LogP contribution is -2.49. The molecule has 1 fully saturated rings. The van der Waals surface area contributed by atoms with Crippen LogP contribution in [0.25, 0.3) is 0 Å². The van der Waals surface area contributed by atoms with Crippen molar-refractivity contribution in [1.82, 2.24) is 5.06 Å². The van der Waals surface area contributed by atoms with Gasteiger partial charge in [0.25, 0.3) is 7.82 Å². The number of likely N-dealkylation sites (N-methyl/N-ethyl adjacent to an activating group) is 1. The number of hydrogen-bond donors (Lipinski definition) is 0. The van der Waals surface area contributed by atoms with Gasteiger partial charge in [0.05, 0.1) is 39.9 Å². The van der Waals surface area contributed by atoms with E-state index >= 15 is 0 Å². The van der Waals surface area contributed by atoms with Crippen molar-refractivity contribution in [3.63, 3.8) is 0 Å². The molecule has 0 amide bonds. The number of nitrogens with zero attached hydrogens (tertiary/aromatic N) is 2. The standard InChI is InChI=1S/C46H90N2O10P/c1-8-10-11-12-13-14-15-16-17-18-19-23-26-29-32-35-44(50)58-42(40-57-59(52,53)56-38-37-48(5,6)7)39-54-43(49)34-31-28-25-22-20-21-24-27-30-33-36-46(9-2)47(51)45(3,4)41-55-46/h42H,8-41H2,1-7H3/t42-,46?/m0/s1. The highest BCUT2D eigenvalue weighted by molar-refractivity contribution is 7.45. The fourth-order valence-corrected chi connectivity index (χ4v) is 8.29. The summed E-state index contributed by atoms with van der Waals surface area (Å²) in [4.78, 5) is 37.7. The molecule has 59 heavy (non-hydrogen) atoms. The van der Waals surface area contributed by atoms with E-state index < -0.39 is 43.7 Å². The Bertz CT molecular complexity index is 1120. The predicted octanol–water partition coefficient (Wildman–Crippen LogP) is 11.2. The lowest BCUT2D eigenvalue weighted by Gasteiger charge is -2.34. The van der Waals surface area contributed by atoms with Gasteiger partial charge in [0.2, 0.25) is 0 Å². The highest BCUT2D eigenvalue weighted by Gasteiger charge is 2.51. The molecule has 12 nitrogen and oxygen atoms in total. The van der Waals surface area contributed by atoms with Crippen LogP contribution in [-0.4, -0.2) is 93.0 Å². The van der Waals surface area contributed by atoms with Crippen molar-refractivity contribution in [3.8, 4) is 0 Å². The highest BCUT2D eigenvalue weighted by atomic mass is 31.2. The van der Waals surface area contributed by atoms with Crippen LogP contribution < -0.4 is 4.89 Å². The Kier molecular flexibility index (Phi) is 30.8. The van der Waals surface area contributed by atoms with Crippen molar-refractivity contribution >= 4 is 19.8 Å². The number of hydroxylamine groups is 2. The minimum atomic E-state index is -4.64. The van der Waals surface area contributed by atoms with Gasteiger partial charge in [0, 0.05) is 12.8 Å². The van der Waals surface area contributed by atoms with E-state index in [2.05, 4.69) is 6.92 Å². The molecule has 349 valence electrons. The van der Waals surface area contributed by atoms with Gasteiger partial charge in [-0.15, -0.1) is 10.3 Å². The molecule has 1 aliphatic heterocycles. The SMILES string of the molecule is CCCCCCCCCCCCCCCCCC(=O)O[C@@H](COC(=O)CCCCCCCCCCCCC1(CC)OCC(C)(C)N1[O])COP(=O)([O-])OCC[N+](C)(C)C. The third kappa shape index (κ3) is 29.0. The largest absolute Gasteiger partial charge is 0.756 e. The van der Waals surface area contributed by atoms with Gasteiger partial charge in [-0.2, -0.15) is 0 Å². The van der Waals surface area contributed by atoms with Gasteiger partial charge in [-0.1, -0.05) is 155 Å². The molecular formula is C46H90N2O10P. The van der Waals surface area contributed by atoms with Gasteiger partial charge < -0.3 is 32.6 Å². The molecule has 0 aromatic rings. The van der Waals surface area contributed by atoms with Crippen LogP contribution in [0.2, 0.25) is 0 Å². The summed E-state index contributed by atoms with van der Waals surface area (Å²) in [5, 5.41) is 13.9. The number of carbonyl (C=O) groups excluding carboxylic acids is 2. The second-order valence-corrected chi connectivity index (χ2v) is 20.2. The van der Waals surface area contributed by atoms with Crippen LogP contribution >= 0.6 is 7.82 Å². The van der Waals surface area contributed by atoms with E-state index in [4.69, 9.17) is 23.3 Å². The van der Waals surface area contributed by atoms with Crippen molar-refractivity contribution in [2.75, 3.05) is 54.1 Å². The zero-order valence-corrected chi connectivity index (χ0v) is 39.9. The number of esters is 2. The van der Waals surface area contributed by atoms with E-state index in [0.29, 0.717) is 36.9 Å². The molecule has 0 bridgehead atoms. The predicted molar refractivity (Wildman–Crippen MR) is 234 cm³/mol. The summed E-state index contributed by atoms with van der Waals surface area (Å²) in [5.74, 6) is -0.867. The number of rotatable bonds is 40. The molecular weight excluding hydrogens is 771 g/mol. The zero-order valence-electron chi connectivity index (χ0n) is 39.0. The van der Waals surface area contributed by atoms with Gasteiger partial charge in [0.1, 0.15) is 25.5 Å². The molecule has 13 heteroatoms. The second kappa shape index (κ2) is 32.5. The summed E-state index contributed by atoms with van der Waals surface area (Å²) in [5.41, 5.74) is -1.11. The molecule has 1 radical (unpaired) electrons. The van der Waals surface area contributed by atoms with Crippen molar-refractivity contribution in [2.24, 2.45) is 0 Å². The Morgan fingerprint density at radius 3 is 1.54 bits per heavy atom. The molecule has 0 aromatic carbocycles. The average Bonchev–Trinajstić information content (AvgIpc) is 3.41. The number of ether oxygens (including phenoxy) is 3. The molecule has 3 atom stereocenters. The summed E-state index contributed by atoms with van der Waals surface area (Å²) in [6.45, 7) is 8.34. The maximum absolute atomic E-state index is 12.8. The van der Waals surface area contributed by atoms with Crippen LogP contribution in [0, 0.1) is 0 Å². The molecule has 0 saturated carbocycles. The average molecular weight is 862 g/mol. The molecule has 0 spiro atoms. The molecule has 1 heterocycles. The third-order valence-electron chi connectivity index (χ3n) is 11.5. The molecule has 0 aliphatic carbocycles. The number of carbonyl (C=O) groups is 2. The molecule has 1 saturated heterocycles. The van der Waals surface area contributed by atoms with E-state index in [9.17, 15) is 24.3 Å². The van der Waals surface area contributed by atoms with Crippen molar-refractivity contribution in [3.05, 3.63) is 0 Å². The van der Waals surface area contributed by atoms with Crippen LogP contribution in [0.1, 0.15) is 214 Å². The number of unbranched alkanes of at least 4 members (excludes halogenated alkanes) is 23. The Morgan fingerprint density at radius 2 is 1.12 bits per heavy atom. The summed E-state index contributed by atoms with van der Waals surface area (Å²) < 4.78 is 40.0. The van der Waals surface area contributed by atoms with Crippen LogP contribution in [0.4, 0.5) is 0 Å². The Hall–Kier alpha value is -1.11. The lowest BCUT2D eigenvalue weighted by molar-refractivity contribution is -0.870. The minimum Gasteiger partial charge on any atom is -0.756 e. The normalized spacial score (nSPS) is 18.5. The summed E-state index contributed by atoms with van der Waals surface area (Å²) in [6, 6.07) is 0. The van der Waals surface area contributed by atoms with E-state index in [1.165, 1.54) is 88.5 Å². The third-order valence-corrected chi connectivity index (χ3v) is 12.5. The van der Waals surface area contributed by atoms with Gasteiger partial charge in [0.15, 0.2) is 6.10 Å². The van der Waals surface area contributed by atoms with Gasteiger partial charge in [-0.05, 0) is 46.0 Å². The fraction of sp³-hybridized carbons (Fsp3) is 0.957. The van der Waals surface area contributed by atoms with E-state index in [0.717, 1.165) is 70.6 Å². The highest BCUT2D eigenvalue weighted by Crippen LogP contribution is 2.40. The van der Waals surface area contributed by atoms with E-state index in [1.807, 2.05) is 41.9 Å². The topological polar surface area (TPSA) is 144 Å². The molecule has 2 unspecified atom stereocenters. The van der Waals surface area contributed by atoms with Crippen molar-refractivity contribution < 1.29 is 52.0 Å². The quantitative estimate of drug-likeness (QED) is 0.0253. The first-order valence-corrected chi connectivity index (χ1v) is 25.4. The van der Waals surface area contributed by atoms with E-state index in [1.54, 1.807) is 0 Å². The number of phosphoric acid groups is 1. The number of quaternary nitrogens is 1. The Balaban J connectivity index is 2.27. The number of hydrogen-bond acceptors (Lipinski definition) is 10. The maximum Gasteiger partial charge on any atom is 0.306 e. The van der Waals surface area contributed by atoms with Gasteiger partial charge in [-0.25, -0.2) is 0 Å². The first-order chi connectivity index (χ1) is 28.1. The fourth-order valence-electron chi connectivity index (χ4n) is 7.56. The van der Waals surface area contributed by atoms with Crippen molar-refractivity contribution in [1.29, 1.82) is 0 Å². The van der Waals surface area contributed by atoms with Crippen LogP contribution in [-0.2, 0) is 42.6 Å². The first kappa shape index (κ1) is 55.9. The van der Waals surface area contributed by atoms with E-state index in [-0.39, 0.29) is 26.1 Å². The Morgan fingerprint density at radius 1 is 0.678 bits per heavy atom. The molecule has 0 N–H and O–H groups in total. The van der Waals surface area contributed by atoms with Crippen LogP contribution in [0.15, 0.2) is 0 Å². The lowest BCUT2D eigenvalue weighted by atomic mass is 9.98.